The van der Waals surface area contributed by atoms with E-state index in [2.05, 4.69) is 179 Å². The molecule has 1 heterocycles. The zero-order valence-corrected chi connectivity index (χ0v) is 27.4. The molecule has 0 atom stereocenters. The summed E-state index contributed by atoms with van der Waals surface area (Å²) >= 11 is 6.92. The average Bonchev–Trinajstić information content (AvgIpc) is 3.50. The van der Waals surface area contributed by atoms with Crippen LogP contribution in [-0.4, -0.2) is 4.57 Å². The molecule has 0 unspecified atom stereocenters. The number of hydrogen-bond donors (Lipinski definition) is 0. The molecule has 0 spiro atoms. The molecular formula is C46H31ClN2. The van der Waals surface area contributed by atoms with Crippen LogP contribution in [0.15, 0.2) is 188 Å². The summed E-state index contributed by atoms with van der Waals surface area (Å²) in [5, 5.41) is 5.62. The van der Waals surface area contributed by atoms with Gasteiger partial charge in [0.05, 0.1) is 11.0 Å². The van der Waals surface area contributed by atoms with Crippen LogP contribution in [0.4, 0.5) is 17.1 Å². The molecule has 1 aromatic heterocycles. The second-order valence-corrected chi connectivity index (χ2v) is 12.8. The third-order valence-corrected chi connectivity index (χ3v) is 9.61. The van der Waals surface area contributed by atoms with E-state index in [1.54, 1.807) is 0 Å². The van der Waals surface area contributed by atoms with Crippen LogP contribution in [0, 0.1) is 0 Å². The number of halogens is 1. The van der Waals surface area contributed by atoms with E-state index in [0.29, 0.717) is 5.02 Å². The molecule has 0 N–H and O–H groups in total. The number of benzene rings is 8. The Morgan fingerprint density at radius 2 is 0.980 bits per heavy atom. The lowest BCUT2D eigenvalue weighted by atomic mass is 9.99. The van der Waals surface area contributed by atoms with Crippen molar-refractivity contribution in [1.82, 2.24) is 4.57 Å². The second kappa shape index (κ2) is 12.2. The van der Waals surface area contributed by atoms with Crippen LogP contribution in [0.5, 0.6) is 0 Å². The maximum Gasteiger partial charge on any atom is 0.0547 e. The fourth-order valence-corrected chi connectivity index (χ4v) is 7.38. The van der Waals surface area contributed by atoms with E-state index in [4.69, 9.17) is 11.6 Å². The van der Waals surface area contributed by atoms with Gasteiger partial charge in [-0.2, -0.15) is 0 Å². The molecule has 2 nitrogen and oxygen atoms in total. The Morgan fingerprint density at radius 1 is 0.388 bits per heavy atom. The van der Waals surface area contributed by atoms with Crippen molar-refractivity contribution in [3.8, 4) is 27.9 Å². The summed E-state index contributed by atoms with van der Waals surface area (Å²) < 4.78 is 2.39. The molecule has 3 heteroatoms. The van der Waals surface area contributed by atoms with Gasteiger partial charge in [-0.3, -0.25) is 0 Å². The lowest BCUT2D eigenvalue weighted by Crippen LogP contribution is -2.09. The summed E-state index contributed by atoms with van der Waals surface area (Å²) in [5.74, 6) is 0. The number of rotatable bonds is 6. The molecule has 0 fully saturated rings. The highest BCUT2D eigenvalue weighted by atomic mass is 35.5. The molecule has 0 bridgehead atoms. The first kappa shape index (κ1) is 29.1. The van der Waals surface area contributed by atoms with Crippen molar-refractivity contribution >= 4 is 61.2 Å². The van der Waals surface area contributed by atoms with Gasteiger partial charge in [-0.05, 0) is 106 Å². The predicted molar refractivity (Wildman–Crippen MR) is 209 cm³/mol. The summed E-state index contributed by atoms with van der Waals surface area (Å²) in [6.07, 6.45) is 0. The number of para-hydroxylation sites is 2. The standard InChI is InChI=1S/C46H31ClN2/c47-37-28-36(29-41(31-37)48(38-15-6-2-7-16-38)39-17-8-3-9-18-39)35-23-26-44-43(30-35)46-42-19-11-10-14-34(42)22-27-45(46)49(44)40-24-20-33(21-25-40)32-12-4-1-5-13-32/h1-31H. The third kappa shape index (κ3) is 5.24. The molecule has 0 amide bonds. The monoisotopic (exact) mass is 646 g/mol. The Hall–Kier alpha value is -6.09. The fraction of sp³-hybridized carbons (Fsp3) is 0. The highest BCUT2D eigenvalue weighted by Gasteiger charge is 2.18. The van der Waals surface area contributed by atoms with Crippen LogP contribution in [0.2, 0.25) is 5.02 Å². The molecule has 8 aromatic carbocycles. The highest BCUT2D eigenvalue weighted by Crippen LogP contribution is 2.42. The van der Waals surface area contributed by atoms with Crippen LogP contribution in [-0.2, 0) is 0 Å². The lowest BCUT2D eigenvalue weighted by molar-refractivity contribution is 1.18. The maximum absolute atomic E-state index is 6.92. The van der Waals surface area contributed by atoms with Crippen molar-refractivity contribution in [1.29, 1.82) is 0 Å². The molecule has 232 valence electrons. The largest absolute Gasteiger partial charge is 0.310 e. The minimum atomic E-state index is 0.691. The Morgan fingerprint density at radius 3 is 1.69 bits per heavy atom. The van der Waals surface area contributed by atoms with Crippen LogP contribution >= 0.6 is 11.6 Å². The van der Waals surface area contributed by atoms with Crippen molar-refractivity contribution < 1.29 is 0 Å². The van der Waals surface area contributed by atoms with E-state index in [1.165, 1.54) is 43.7 Å². The molecular weight excluding hydrogens is 616 g/mol. The van der Waals surface area contributed by atoms with E-state index in [0.717, 1.165) is 33.9 Å². The summed E-state index contributed by atoms with van der Waals surface area (Å²) in [7, 11) is 0. The quantitative estimate of drug-likeness (QED) is 0.174. The molecule has 0 radical (unpaired) electrons. The Bertz CT molecular complexity index is 2550. The van der Waals surface area contributed by atoms with Crippen molar-refractivity contribution in [2.45, 2.75) is 0 Å². The van der Waals surface area contributed by atoms with E-state index < -0.39 is 0 Å². The van der Waals surface area contributed by atoms with Crippen molar-refractivity contribution in [3.05, 3.63) is 193 Å². The molecule has 49 heavy (non-hydrogen) atoms. The van der Waals surface area contributed by atoms with Crippen LogP contribution in [0.3, 0.4) is 0 Å². The molecule has 0 aliphatic rings. The normalized spacial score (nSPS) is 11.4. The Balaban J connectivity index is 1.23. The molecule has 9 aromatic rings. The highest BCUT2D eigenvalue weighted by molar-refractivity contribution is 6.31. The lowest BCUT2D eigenvalue weighted by Gasteiger charge is -2.26. The Labute approximate surface area is 290 Å². The van der Waals surface area contributed by atoms with Gasteiger partial charge in [0, 0.05) is 38.5 Å². The zero-order chi connectivity index (χ0) is 32.7. The minimum absolute atomic E-state index is 0.691. The van der Waals surface area contributed by atoms with E-state index in [1.807, 2.05) is 18.2 Å². The average molecular weight is 647 g/mol. The summed E-state index contributed by atoms with van der Waals surface area (Å²) in [5.41, 5.74) is 11.2. The van der Waals surface area contributed by atoms with E-state index >= 15 is 0 Å². The van der Waals surface area contributed by atoms with Crippen LogP contribution in [0.1, 0.15) is 0 Å². The molecule has 0 aliphatic carbocycles. The van der Waals surface area contributed by atoms with Gasteiger partial charge in [0.1, 0.15) is 0 Å². The van der Waals surface area contributed by atoms with Gasteiger partial charge < -0.3 is 9.47 Å². The predicted octanol–water partition coefficient (Wildman–Crippen LogP) is 13.4. The number of anilines is 3. The van der Waals surface area contributed by atoms with Crippen molar-refractivity contribution in [2.24, 2.45) is 0 Å². The van der Waals surface area contributed by atoms with Gasteiger partial charge in [0.25, 0.3) is 0 Å². The second-order valence-electron chi connectivity index (χ2n) is 12.4. The number of fused-ring (bicyclic) bond motifs is 5. The van der Waals surface area contributed by atoms with Gasteiger partial charge in [-0.1, -0.05) is 127 Å². The number of nitrogens with zero attached hydrogens (tertiary/aromatic N) is 2. The van der Waals surface area contributed by atoms with Crippen LogP contribution in [0.25, 0.3) is 60.5 Å². The molecule has 0 saturated carbocycles. The van der Waals surface area contributed by atoms with E-state index in [-0.39, 0.29) is 0 Å². The summed E-state index contributed by atoms with van der Waals surface area (Å²) in [6, 6.07) is 66.7. The fourth-order valence-electron chi connectivity index (χ4n) is 7.15. The molecule has 9 rings (SSSR count). The van der Waals surface area contributed by atoms with Crippen molar-refractivity contribution in [3.63, 3.8) is 0 Å². The Kier molecular flexibility index (Phi) is 7.22. The van der Waals surface area contributed by atoms with Gasteiger partial charge >= 0.3 is 0 Å². The topological polar surface area (TPSA) is 8.17 Å². The van der Waals surface area contributed by atoms with Crippen molar-refractivity contribution in [2.75, 3.05) is 4.90 Å². The molecule has 0 aliphatic heterocycles. The first-order valence-electron chi connectivity index (χ1n) is 16.5. The van der Waals surface area contributed by atoms with E-state index in [9.17, 15) is 0 Å². The molecule has 0 saturated heterocycles. The zero-order valence-electron chi connectivity index (χ0n) is 26.7. The van der Waals surface area contributed by atoms with Gasteiger partial charge in [0.15, 0.2) is 0 Å². The van der Waals surface area contributed by atoms with Gasteiger partial charge in [0.2, 0.25) is 0 Å². The maximum atomic E-state index is 6.92. The summed E-state index contributed by atoms with van der Waals surface area (Å²) in [6.45, 7) is 0. The smallest absolute Gasteiger partial charge is 0.0547 e. The van der Waals surface area contributed by atoms with Crippen LogP contribution < -0.4 is 4.90 Å². The first-order valence-corrected chi connectivity index (χ1v) is 16.9. The summed E-state index contributed by atoms with van der Waals surface area (Å²) in [4.78, 5) is 2.26. The SMILES string of the molecule is Clc1cc(-c2ccc3c(c2)c2c4ccccc4ccc2n3-c2ccc(-c3ccccc3)cc2)cc(N(c2ccccc2)c2ccccc2)c1. The number of aromatic nitrogens is 1. The van der Waals surface area contributed by atoms with Gasteiger partial charge in [-0.15, -0.1) is 0 Å². The third-order valence-electron chi connectivity index (χ3n) is 9.39. The minimum Gasteiger partial charge on any atom is -0.310 e. The van der Waals surface area contributed by atoms with Gasteiger partial charge in [-0.25, -0.2) is 0 Å². The first-order chi connectivity index (χ1) is 24.2. The number of hydrogen-bond acceptors (Lipinski definition) is 1.